The summed E-state index contributed by atoms with van der Waals surface area (Å²) in [6.07, 6.45) is 15.5. The van der Waals surface area contributed by atoms with E-state index in [4.69, 9.17) is 14.3 Å². The molecule has 33 heavy (non-hydrogen) atoms. The van der Waals surface area contributed by atoms with Gasteiger partial charge in [-0.2, -0.15) is 5.26 Å². The highest BCUT2D eigenvalue weighted by atomic mass is 31.2. The third-order valence-electron chi connectivity index (χ3n) is 5.68. The van der Waals surface area contributed by atoms with Gasteiger partial charge in [-0.1, -0.05) is 58.3 Å². The number of hydrogen-bond acceptors (Lipinski definition) is 6. The first kappa shape index (κ1) is 32.4. The molecule has 0 aliphatic carbocycles. The van der Waals surface area contributed by atoms with E-state index in [1.54, 1.807) is 0 Å². The van der Waals surface area contributed by atoms with Crippen molar-refractivity contribution in [2.75, 3.05) is 26.7 Å². The molecule has 0 bridgehead atoms. The Hall–Kier alpha value is -0.570. The second kappa shape index (κ2) is 21.9. The molecule has 1 rings (SSSR count). The van der Waals surface area contributed by atoms with E-state index < -0.39 is 8.53 Å². The van der Waals surface area contributed by atoms with Gasteiger partial charge in [-0.05, 0) is 47.6 Å². The minimum Gasteiger partial charge on any atom is -0.321 e. The van der Waals surface area contributed by atoms with Crippen LogP contribution in [0.15, 0.2) is 0 Å². The largest absolute Gasteiger partial charge is 0.321 e. The van der Waals surface area contributed by atoms with Crippen molar-refractivity contribution in [2.45, 2.75) is 130 Å². The molecule has 1 heterocycles. The zero-order valence-electron chi connectivity index (χ0n) is 22.4. The van der Waals surface area contributed by atoms with Crippen molar-refractivity contribution in [1.82, 2.24) is 9.57 Å². The van der Waals surface area contributed by atoms with E-state index in [0.29, 0.717) is 25.1 Å². The maximum atomic E-state index is 10.0. The monoisotopic (exact) mass is 485 g/mol. The van der Waals surface area contributed by atoms with Crippen LogP contribution in [0, 0.1) is 11.3 Å². The quantitative estimate of drug-likeness (QED) is 0.117. The summed E-state index contributed by atoms with van der Waals surface area (Å²) < 4.78 is 14.4. The van der Waals surface area contributed by atoms with Crippen LogP contribution in [0.4, 0.5) is 0 Å². The molecule has 7 heteroatoms. The summed E-state index contributed by atoms with van der Waals surface area (Å²) in [7, 11) is 1.03. The molecular weight excluding hydrogens is 433 g/mol. The average Bonchev–Trinajstić information content (AvgIpc) is 3.17. The van der Waals surface area contributed by atoms with Crippen LogP contribution < -0.4 is 0 Å². The minimum atomic E-state index is -1.09. The van der Waals surface area contributed by atoms with Gasteiger partial charge in [-0.3, -0.25) is 0 Å². The lowest BCUT2D eigenvalue weighted by atomic mass is 10.1. The Morgan fingerprint density at radius 3 is 2.09 bits per heavy atom. The normalized spacial score (nSPS) is 17.3. The van der Waals surface area contributed by atoms with Crippen LogP contribution in [0.2, 0.25) is 0 Å². The van der Waals surface area contributed by atoms with Crippen molar-refractivity contribution in [1.29, 1.82) is 5.26 Å². The Balaban J connectivity index is 0.000000684. The maximum absolute atomic E-state index is 10.0. The highest BCUT2D eigenvalue weighted by Crippen LogP contribution is 2.47. The van der Waals surface area contributed by atoms with Crippen molar-refractivity contribution in [3.05, 3.63) is 0 Å². The summed E-state index contributed by atoms with van der Waals surface area (Å²) in [5.41, 5.74) is 0. The summed E-state index contributed by atoms with van der Waals surface area (Å²) >= 11 is 0. The van der Waals surface area contributed by atoms with Gasteiger partial charge in [-0.25, -0.2) is 4.67 Å². The zero-order chi connectivity index (χ0) is 24.9. The smallest absolute Gasteiger partial charge is 0.259 e. The van der Waals surface area contributed by atoms with Gasteiger partial charge < -0.3 is 18.7 Å². The van der Waals surface area contributed by atoms with Crippen molar-refractivity contribution < 1.29 is 13.8 Å². The fraction of sp³-hybridized carbons (Fsp3) is 0.923. The predicted molar refractivity (Wildman–Crippen MR) is 140 cm³/mol. The molecule has 1 saturated heterocycles. The summed E-state index contributed by atoms with van der Waals surface area (Å²) in [5, 5.41) is 8.67. The fourth-order valence-corrected chi connectivity index (χ4v) is 5.67. The number of aldehydes is 1. The number of carbonyl (C=O) groups excluding carboxylic acids is 1. The Morgan fingerprint density at radius 1 is 1.06 bits per heavy atom. The molecular formula is C26H52N3O3P. The van der Waals surface area contributed by atoms with E-state index >= 15 is 0 Å². The highest BCUT2D eigenvalue weighted by molar-refractivity contribution is 7.44. The number of carbonyl (C=O) groups is 1. The number of likely N-dealkylation sites (N-methyl/N-ethyl adjacent to an activating group) is 1. The van der Waals surface area contributed by atoms with Gasteiger partial charge in [0.25, 0.3) is 8.53 Å². The van der Waals surface area contributed by atoms with Crippen LogP contribution in [-0.2, 0) is 13.8 Å². The molecule has 0 aromatic heterocycles. The van der Waals surface area contributed by atoms with Crippen molar-refractivity contribution >= 4 is 14.8 Å². The van der Waals surface area contributed by atoms with Crippen LogP contribution in [0.1, 0.15) is 112 Å². The lowest BCUT2D eigenvalue weighted by Crippen LogP contribution is -2.35. The number of unbranched alkanes of at least 4 members (excludes halogenated alkanes) is 9. The molecule has 0 aromatic rings. The number of nitrogens with zero attached hydrogens (tertiary/aromatic N) is 3. The molecule has 1 unspecified atom stereocenters. The number of hydrogen-bond donors (Lipinski definition) is 0. The standard InChI is InChI=1S/C14H28N3O2P.C12H24O/c1-12(2)17(13(3)4)20(18-10-6-8-15)19-14-7-9-16(5)11-14;1-2-3-4-5-6-7-8-9-10-11-12-13/h12-14H,6-7,9-11H2,1-5H3;12H,2-11H2,1H3/t14-,20?;/m0./s1. The van der Waals surface area contributed by atoms with E-state index in [0.717, 1.165) is 38.6 Å². The first-order valence-corrected chi connectivity index (χ1v) is 14.4. The highest BCUT2D eigenvalue weighted by Gasteiger charge is 2.31. The number of nitriles is 1. The third kappa shape index (κ3) is 17.5. The molecule has 6 nitrogen and oxygen atoms in total. The Bertz CT molecular complexity index is 492. The lowest BCUT2D eigenvalue weighted by Gasteiger charge is -2.36. The van der Waals surface area contributed by atoms with Crippen LogP contribution in [0.25, 0.3) is 0 Å². The van der Waals surface area contributed by atoms with Gasteiger partial charge in [-0.15, -0.1) is 0 Å². The number of likely N-dealkylation sites (tertiary alicyclic amines) is 1. The topological polar surface area (TPSA) is 65.8 Å². The van der Waals surface area contributed by atoms with Crippen molar-refractivity contribution in [3.63, 3.8) is 0 Å². The third-order valence-corrected chi connectivity index (χ3v) is 7.86. The average molecular weight is 486 g/mol. The molecule has 0 aromatic carbocycles. The van der Waals surface area contributed by atoms with Crippen molar-refractivity contribution in [3.8, 4) is 6.07 Å². The van der Waals surface area contributed by atoms with E-state index in [2.05, 4.69) is 57.3 Å². The van der Waals surface area contributed by atoms with Gasteiger partial charge in [0.15, 0.2) is 0 Å². The first-order valence-electron chi connectivity index (χ1n) is 13.2. The summed E-state index contributed by atoms with van der Waals surface area (Å²) in [5.74, 6) is 0. The van der Waals surface area contributed by atoms with E-state index in [9.17, 15) is 4.79 Å². The minimum absolute atomic E-state index is 0.244. The van der Waals surface area contributed by atoms with Gasteiger partial charge in [0.05, 0.1) is 25.2 Å². The molecule has 0 N–H and O–H groups in total. The van der Waals surface area contributed by atoms with E-state index in [-0.39, 0.29) is 6.10 Å². The molecule has 1 fully saturated rings. The first-order chi connectivity index (χ1) is 15.9. The fourth-order valence-electron chi connectivity index (χ4n) is 3.94. The van der Waals surface area contributed by atoms with Gasteiger partial charge in [0.1, 0.15) is 6.29 Å². The zero-order valence-corrected chi connectivity index (χ0v) is 23.3. The van der Waals surface area contributed by atoms with Gasteiger partial charge in [0.2, 0.25) is 0 Å². The Morgan fingerprint density at radius 2 is 1.64 bits per heavy atom. The van der Waals surface area contributed by atoms with Gasteiger partial charge in [0, 0.05) is 31.6 Å². The van der Waals surface area contributed by atoms with Crippen molar-refractivity contribution in [2.24, 2.45) is 0 Å². The van der Waals surface area contributed by atoms with E-state index in [1.165, 1.54) is 51.4 Å². The Labute approximate surface area is 206 Å². The van der Waals surface area contributed by atoms with Crippen LogP contribution >= 0.6 is 8.53 Å². The number of rotatable bonds is 18. The van der Waals surface area contributed by atoms with Crippen LogP contribution in [0.5, 0.6) is 0 Å². The van der Waals surface area contributed by atoms with Gasteiger partial charge >= 0.3 is 0 Å². The van der Waals surface area contributed by atoms with E-state index in [1.807, 2.05) is 0 Å². The molecule has 1 aliphatic heterocycles. The second-order valence-corrected chi connectivity index (χ2v) is 11.0. The second-order valence-electron chi connectivity index (χ2n) is 9.61. The predicted octanol–water partition coefficient (Wildman–Crippen LogP) is 7.09. The Kier molecular flexibility index (Phi) is 21.6. The summed E-state index contributed by atoms with van der Waals surface area (Å²) in [4.78, 5) is 12.3. The molecule has 194 valence electrons. The maximum Gasteiger partial charge on any atom is 0.259 e. The molecule has 0 amide bonds. The summed E-state index contributed by atoms with van der Waals surface area (Å²) in [6.45, 7) is 13.4. The molecule has 0 spiro atoms. The molecule has 2 atom stereocenters. The SMILES string of the molecule is CC(C)N(C(C)C)P(OCCC#N)O[C@H]1CCN(C)C1.CCCCCCCCCCCC=O. The lowest BCUT2D eigenvalue weighted by molar-refractivity contribution is -0.107. The van der Waals surface area contributed by atoms with Crippen LogP contribution in [0.3, 0.4) is 0 Å². The molecule has 0 radical (unpaired) electrons. The van der Waals surface area contributed by atoms with Crippen LogP contribution in [-0.4, -0.2) is 60.8 Å². The molecule has 1 aliphatic rings. The molecule has 0 saturated carbocycles. The summed E-state index contributed by atoms with van der Waals surface area (Å²) in [6, 6.07) is 2.85.